The molecule has 2 aromatic carbocycles. The van der Waals surface area contributed by atoms with Crippen molar-refractivity contribution in [1.82, 2.24) is 15.2 Å². The summed E-state index contributed by atoms with van der Waals surface area (Å²) >= 11 is 3.38. The van der Waals surface area contributed by atoms with E-state index in [-0.39, 0.29) is 23.9 Å². The highest BCUT2D eigenvalue weighted by Gasteiger charge is 2.18. The Morgan fingerprint density at radius 2 is 1.79 bits per heavy atom. The molecule has 5 nitrogen and oxygen atoms in total. The molecule has 1 N–H and O–H groups in total. The van der Waals surface area contributed by atoms with Gasteiger partial charge in [-0.1, -0.05) is 36.0 Å². The molecule has 3 rings (SSSR count). The van der Waals surface area contributed by atoms with E-state index in [9.17, 15) is 9.59 Å². The second kappa shape index (κ2) is 8.97. The predicted molar refractivity (Wildman–Crippen MR) is 120 cm³/mol. The maximum atomic E-state index is 12.6. The smallest absolute Gasteiger partial charge is 0.254 e. The molecule has 1 aromatic heterocycles. The van der Waals surface area contributed by atoms with E-state index < -0.39 is 0 Å². The van der Waals surface area contributed by atoms with Crippen LogP contribution in [0.15, 0.2) is 52.9 Å². The van der Waals surface area contributed by atoms with Crippen LogP contribution in [-0.2, 0) is 10.5 Å². The lowest BCUT2D eigenvalue weighted by Gasteiger charge is -2.23. The Kier molecular flexibility index (Phi) is 6.59. The highest BCUT2D eigenvalue weighted by Crippen LogP contribution is 2.31. The first-order chi connectivity index (χ1) is 13.7. The maximum absolute atomic E-state index is 12.6. The van der Waals surface area contributed by atoms with Crippen molar-refractivity contribution in [3.8, 4) is 0 Å². The Bertz CT molecular complexity index is 974. The standard InChI is InChI=1S/C22H25N3O2S2/c1-22(2,3)24-19(26)13-25(4)20(27)16-11-9-15(10-12-16)14-28-21-23-17-7-5-6-8-18(17)29-21/h5-12H,13-14H2,1-4H3,(H,24,26). The monoisotopic (exact) mass is 427 g/mol. The molecule has 0 aliphatic rings. The molecule has 7 heteroatoms. The second-order valence-electron chi connectivity index (χ2n) is 7.89. The SMILES string of the molecule is CN(CC(=O)NC(C)(C)C)C(=O)c1ccc(CSc2nc3ccccc3s2)cc1. The zero-order valence-corrected chi connectivity index (χ0v) is 18.7. The topological polar surface area (TPSA) is 62.3 Å². The molecule has 0 saturated heterocycles. The van der Waals surface area contributed by atoms with Crippen LogP contribution in [0.4, 0.5) is 0 Å². The Balaban J connectivity index is 1.56. The number of rotatable bonds is 6. The molecule has 2 amide bonds. The van der Waals surface area contributed by atoms with Crippen molar-refractivity contribution in [3.05, 3.63) is 59.7 Å². The summed E-state index contributed by atoms with van der Waals surface area (Å²) in [5.41, 5.74) is 2.41. The third kappa shape index (κ3) is 6.05. The van der Waals surface area contributed by atoms with Gasteiger partial charge in [0.1, 0.15) is 0 Å². The van der Waals surface area contributed by atoms with Gasteiger partial charge < -0.3 is 10.2 Å². The Morgan fingerprint density at radius 3 is 2.45 bits per heavy atom. The van der Waals surface area contributed by atoms with Crippen LogP contribution in [0.3, 0.4) is 0 Å². The van der Waals surface area contributed by atoms with E-state index in [1.807, 2.05) is 63.2 Å². The van der Waals surface area contributed by atoms with Crippen molar-refractivity contribution in [3.63, 3.8) is 0 Å². The number of likely N-dealkylation sites (N-methyl/N-ethyl adjacent to an activating group) is 1. The summed E-state index contributed by atoms with van der Waals surface area (Å²) in [6.07, 6.45) is 0. The van der Waals surface area contributed by atoms with Gasteiger partial charge in [0, 0.05) is 23.9 Å². The first-order valence-corrected chi connectivity index (χ1v) is 11.2. The minimum atomic E-state index is -0.316. The summed E-state index contributed by atoms with van der Waals surface area (Å²) in [7, 11) is 1.64. The summed E-state index contributed by atoms with van der Waals surface area (Å²) in [5.74, 6) is 0.453. The molecule has 0 radical (unpaired) electrons. The zero-order chi connectivity index (χ0) is 21.0. The number of nitrogens with zero attached hydrogens (tertiary/aromatic N) is 2. The molecule has 0 aliphatic carbocycles. The number of hydrogen-bond donors (Lipinski definition) is 1. The molecule has 152 valence electrons. The van der Waals surface area contributed by atoms with Gasteiger partial charge in [-0.15, -0.1) is 11.3 Å². The van der Waals surface area contributed by atoms with Crippen molar-refractivity contribution < 1.29 is 9.59 Å². The van der Waals surface area contributed by atoms with Crippen LogP contribution < -0.4 is 5.32 Å². The van der Waals surface area contributed by atoms with E-state index in [2.05, 4.69) is 16.4 Å². The fourth-order valence-electron chi connectivity index (χ4n) is 2.77. The molecule has 29 heavy (non-hydrogen) atoms. The molecule has 0 unspecified atom stereocenters. The fourth-order valence-corrected chi connectivity index (χ4v) is 4.79. The van der Waals surface area contributed by atoms with Gasteiger partial charge >= 0.3 is 0 Å². The number of benzene rings is 2. The summed E-state index contributed by atoms with van der Waals surface area (Å²) in [6, 6.07) is 15.7. The van der Waals surface area contributed by atoms with Crippen LogP contribution in [0.25, 0.3) is 10.2 Å². The van der Waals surface area contributed by atoms with Crippen LogP contribution in [0.2, 0.25) is 0 Å². The molecular weight excluding hydrogens is 402 g/mol. The lowest BCUT2D eigenvalue weighted by molar-refractivity contribution is -0.122. The second-order valence-corrected chi connectivity index (χ2v) is 10.1. The van der Waals surface area contributed by atoms with E-state index in [1.165, 1.54) is 9.60 Å². The minimum Gasteiger partial charge on any atom is -0.350 e. The summed E-state index contributed by atoms with van der Waals surface area (Å²) < 4.78 is 2.23. The highest BCUT2D eigenvalue weighted by molar-refractivity contribution is 8.00. The van der Waals surface area contributed by atoms with Crippen molar-refractivity contribution in [2.24, 2.45) is 0 Å². The van der Waals surface area contributed by atoms with Crippen LogP contribution >= 0.6 is 23.1 Å². The number of amides is 2. The van der Waals surface area contributed by atoms with E-state index in [0.717, 1.165) is 21.2 Å². The average Bonchev–Trinajstić information content (AvgIpc) is 3.07. The summed E-state index contributed by atoms with van der Waals surface area (Å²) in [4.78, 5) is 30.7. The van der Waals surface area contributed by atoms with Gasteiger partial charge in [0.15, 0.2) is 4.34 Å². The third-order valence-corrected chi connectivity index (χ3v) is 6.33. The number of thioether (sulfide) groups is 1. The van der Waals surface area contributed by atoms with Gasteiger partial charge in [0.05, 0.1) is 16.8 Å². The number of hydrogen-bond acceptors (Lipinski definition) is 5. The zero-order valence-electron chi connectivity index (χ0n) is 17.1. The summed E-state index contributed by atoms with van der Waals surface area (Å²) in [6.45, 7) is 5.78. The molecule has 0 saturated carbocycles. The third-order valence-electron chi connectivity index (χ3n) is 4.08. The number of aromatic nitrogens is 1. The fraction of sp³-hybridized carbons (Fsp3) is 0.318. The van der Waals surface area contributed by atoms with E-state index in [0.29, 0.717) is 5.56 Å². The van der Waals surface area contributed by atoms with Crippen molar-refractivity contribution in [1.29, 1.82) is 0 Å². The van der Waals surface area contributed by atoms with Crippen molar-refractivity contribution >= 4 is 45.1 Å². The van der Waals surface area contributed by atoms with Crippen LogP contribution in [-0.4, -0.2) is 40.8 Å². The molecule has 1 heterocycles. The normalized spacial score (nSPS) is 11.4. The van der Waals surface area contributed by atoms with E-state index in [1.54, 1.807) is 30.1 Å². The van der Waals surface area contributed by atoms with Crippen LogP contribution in [0.1, 0.15) is 36.7 Å². The Morgan fingerprint density at radius 1 is 1.10 bits per heavy atom. The van der Waals surface area contributed by atoms with Gasteiger partial charge in [-0.25, -0.2) is 4.98 Å². The largest absolute Gasteiger partial charge is 0.350 e. The molecule has 3 aromatic rings. The van der Waals surface area contributed by atoms with Crippen LogP contribution in [0.5, 0.6) is 0 Å². The summed E-state index contributed by atoms with van der Waals surface area (Å²) in [5, 5.41) is 2.87. The number of fused-ring (bicyclic) bond motifs is 1. The van der Waals surface area contributed by atoms with Crippen molar-refractivity contribution in [2.45, 2.75) is 36.4 Å². The Hall–Kier alpha value is -2.38. The minimum absolute atomic E-state index is 0.0330. The average molecular weight is 428 g/mol. The number of nitrogens with one attached hydrogen (secondary N) is 1. The van der Waals surface area contributed by atoms with Crippen LogP contribution in [0, 0.1) is 0 Å². The number of carbonyl (C=O) groups excluding carboxylic acids is 2. The molecule has 0 fully saturated rings. The van der Waals surface area contributed by atoms with E-state index in [4.69, 9.17) is 0 Å². The predicted octanol–water partition coefficient (Wildman–Crippen LogP) is 4.58. The van der Waals surface area contributed by atoms with Gasteiger partial charge in [-0.05, 0) is 50.6 Å². The quantitative estimate of drug-likeness (QED) is 0.585. The lowest BCUT2D eigenvalue weighted by Crippen LogP contribution is -2.46. The first kappa shape index (κ1) is 21.3. The maximum Gasteiger partial charge on any atom is 0.254 e. The van der Waals surface area contributed by atoms with E-state index >= 15 is 0 Å². The van der Waals surface area contributed by atoms with Crippen molar-refractivity contribution in [2.75, 3.05) is 13.6 Å². The van der Waals surface area contributed by atoms with Gasteiger partial charge in [0.2, 0.25) is 5.91 Å². The molecule has 0 bridgehead atoms. The highest BCUT2D eigenvalue weighted by atomic mass is 32.2. The van der Waals surface area contributed by atoms with Gasteiger partial charge in [-0.3, -0.25) is 9.59 Å². The molecule has 0 atom stereocenters. The number of thiazole rings is 1. The molecule has 0 spiro atoms. The molecular formula is C22H25N3O2S2. The van der Waals surface area contributed by atoms with Gasteiger partial charge in [-0.2, -0.15) is 0 Å². The lowest BCUT2D eigenvalue weighted by atomic mass is 10.1. The van der Waals surface area contributed by atoms with Gasteiger partial charge in [0.25, 0.3) is 5.91 Å². The Labute approximate surface area is 179 Å². The number of para-hydroxylation sites is 1. The number of carbonyl (C=O) groups is 2. The molecule has 0 aliphatic heterocycles. The first-order valence-electron chi connectivity index (χ1n) is 9.35.